The van der Waals surface area contributed by atoms with Crippen LogP contribution in [0.2, 0.25) is 0 Å². The van der Waals surface area contributed by atoms with E-state index < -0.39 is 5.67 Å². The summed E-state index contributed by atoms with van der Waals surface area (Å²) in [5.41, 5.74) is 2.27. The highest BCUT2D eigenvalue weighted by Gasteiger charge is 2.34. The van der Waals surface area contributed by atoms with Gasteiger partial charge in [-0.2, -0.15) is 0 Å². The highest BCUT2D eigenvalue weighted by Crippen LogP contribution is 2.39. The fourth-order valence-electron chi connectivity index (χ4n) is 4.08. The quantitative estimate of drug-likeness (QED) is 0.405. The second-order valence-electron chi connectivity index (χ2n) is 8.55. The van der Waals surface area contributed by atoms with Crippen molar-refractivity contribution in [1.29, 1.82) is 0 Å². The Morgan fingerprint density at radius 3 is 2.58 bits per heavy atom. The van der Waals surface area contributed by atoms with Gasteiger partial charge in [-0.1, -0.05) is 23.8 Å². The monoisotopic (exact) mass is 443 g/mol. The lowest BCUT2D eigenvalue weighted by atomic mass is 10.00. The Kier molecular flexibility index (Phi) is 6.03. The van der Waals surface area contributed by atoms with E-state index in [1.165, 1.54) is 31.9 Å². The molecule has 1 amide bonds. The van der Waals surface area contributed by atoms with Crippen molar-refractivity contribution in [2.45, 2.75) is 56.8 Å². The van der Waals surface area contributed by atoms with Crippen molar-refractivity contribution in [2.24, 2.45) is 5.18 Å². The summed E-state index contributed by atoms with van der Waals surface area (Å²) < 4.78 is 21.8. The van der Waals surface area contributed by atoms with Crippen molar-refractivity contribution in [1.82, 2.24) is 4.31 Å². The minimum Gasteiger partial charge on any atom is -0.444 e. The molecule has 0 N–H and O–H groups in total. The van der Waals surface area contributed by atoms with Crippen LogP contribution in [0, 0.1) is 11.8 Å². The van der Waals surface area contributed by atoms with Crippen molar-refractivity contribution in [2.75, 3.05) is 18.0 Å². The molecule has 1 fully saturated rings. The number of ether oxygens (including phenoxy) is 1. The summed E-state index contributed by atoms with van der Waals surface area (Å²) in [6.07, 6.45) is 1.28. The van der Waals surface area contributed by atoms with Crippen LogP contribution in [0.25, 0.3) is 0 Å². The van der Waals surface area contributed by atoms with E-state index in [0.29, 0.717) is 17.1 Å². The molecule has 2 aliphatic rings. The van der Waals surface area contributed by atoms with Crippen molar-refractivity contribution in [3.05, 3.63) is 58.0 Å². The number of rotatable bonds is 5. The number of hydrogen-bond donors (Lipinski definition) is 0. The second-order valence-corrected chi connectivity index (χ2v) is 9.69. The summed E-state index contributed by atoms with van der Waals surface area (Å²) in [4.78, 5) is 26.3. The zero-order valence-corrected chi connectivity index (χ0v) is 18.7. The Morgan fingerprint density at radius 1 is 1.16 bits per heavy atom. The number of carbonyl (C=O) groups is 1. The van der Waals surface area contributed by atoms with Gasteiger partial charge in [0, 0.05) is 24.7 Å². The summed E-state index contributed by atoms with van der Waals surface area (Å²) >= 11 is 1.45. The first-order chi connectivity index (χ1) is 14.8. The molecule has 0 atom stereocenters. The topological polar surface area (TPSA) is 62.2 Å². The molecule has 8 heteroatoms. The first-order valence-electron chi connectivity index (χ1n) is 10.4. The van der Waals surface area contributed by atoms with Gasteiger partial charge in [0.25, 0.3) is 0 Å². The third-order valence-electron chi connectivity index (χ3n) is 5.80. The molecule has 2 aromatic rings. The first kappa shape index (κ1) is 21.8. The zero-order valence-electron chi connectivity index (χ0n) is 17.9. The molecule has 0 aromatic heterocycles. The fraction of sp³-hybridized carbons (Fsp3) is 0.435. The van der Waals surface area contributed by atoms with E-state index in [4.69, 9.17) is 4.74 Å². The molecule has 2 heterocycles. The lowest BCUT2D eigenvalue weighted by Crippen LogP contribution is -2.48. The van der Waals surface area contributed by atoms with Gasteiger partial charge in [-0.15, -0.1) is 4.91 Å². The normalized spacial score (nSPS) is 17.9. The van der Waals surface area contributed by atoms with E-state index in [-0.39, 0.29) is 17.8 Å². The molecule has 2 aromatic carbocycles. The molecule has 4 rings (SSSR count). The third-order valence-corrected chi connectivity index (χ3v) is 6.97. The van der Waals surface area contributed by atoms with Crippen molar-refractivity contribution >= 4 is 29.4 Å². The third kappa shape index (κ3) is 4.60. The van der Waals surface area contributed by atoms with Crippen molar-refractivity contribution < 1.29 is 13.9 Å². The number of piperidine rings is 1. The SMILES string of the molecule is Cc1ccc2c(c1)COC(=O)N2C1CCN(Sc2ccc(C(C)(C)F)cc2N=O)CC1. The Bertz CT molecular complexity index is 1000. The Labute approximate surface area is 185 Å². The highest BCUT2D eigenvalue weighted by molar-refractivity contribution is 7.97. The van der Waals surface area contributed by atoms with E-state index >= 15 is 0 Å². The summed E-state index contributed by atoms with van der Waals surface area (Å²) in [5.74, 6) is 0. The number of carbonyl (C=O) groups excluding carboxylic acids is 1. The molecule has 0 unspecified atom stereocenters. The maximum absolute atomic E-state index is 14.2. The molecule has 31 heavy (non-hydrogen) atoms. The number of benzene rings is 2. The van der Waals surface area contributed by atoms with E-state index in [1.54, 1.807) is 17.0 Å². The van der Waals surface area contributed by atoms with E-state index in [9.17, 15) is 14.1 Å². The lowest BCUT2D eigenvalue weighted by Gasteiger charge is -2.40. The van der Waals surface area contributed by atoms with Crippen molar-refractivity contribution in [3.8, 4) is 0 Å². The van der Waals surface area contributed by atoms with Crippen LogP contribution in [0.5, 0.6) is 0 Å². The van der Waals surface area contributed by atoms with Crippen LogP contribution in [0.15, 0.2) is 46.5 Å². The maximum Gasteiger partial charge on any atom is 0.414 e. The number of halogens is 1. The maximum atomic E-state index is 14.2. The first-order valence-corrected chi connectivity index (χ1v) is 11.2. The number of aryl methyl sites for hydroxylation is 1. The average molecular weight is 444 g/mol. The molecular weight excluding hydrogens is 417 g/mol. The summed E-state index contributed by atoms with van der Waals surface area (Å²) in [5, 5.41) is 3.11. The average Bonchev–Trinajstić information content (AvgIpc) is 2.74. The number of alkyl halides is 1. The van der Waals surface area contributed by atoms with Crippen LogP contribution >= 0.6 is 11.9 Å². The molecule has 164 valence electrons. The molecule has 2 aliphatic heterocycles. The predicted octanol–water partition coefficient (Wildman–Crippen LogP) is 6.23. The Balaban J connectivity index is 1.44. The van der Waals surface area contributed by atoms with Gasteiger partial charge in [-0.25, -0.2) is 13.5 Å². The van der Waals surface area contributed by atoms with Crippen LogP contribution in [-0.4, -0.2) is 29.5 Å². The lowest BCUT2D eigenvalue weighted by molar-refractivity contribution is 0.136. The number of cyclic esters (lactones) is 1. The van der Waals surface area contributed by atoms with Crippen LogP contribution in [0.1, 0.15) is 43.4 Å². The number of anilines is 1. The molecule has 0 aliphatic carbocycles. The molecule has 0 radical (unpaired) electrons. The van der Waals surface area contributed by atoms with Gasteiger partial charge < -0.3 is 4.74 Å². The van der Waals surface area contributed by atoms with E-state index in [1.807, 2.05) is 19.1 Å². The Hall–Kier alpha value is -2.45. The summed E-state index contributed by atoms with van der Waals surface area (Å²) in [7, 11) is 0. The standard InChI is InChI=1S/C23H26FN3O3S/c1-15-4-6-20-16(12-15)14-30-22(28)27(20)18-8-10-26(11-9-18)31-21-7-5-17(23(2,3)24)13-19(21)25-29/h4-7,12-13,18H,8-11,14H2,1-3H3. The molecular formula is C23H26FN3O3S. The number of fused-ring (bicyclic) bond motifs is 1. The Morgan fingerprint density at radius 2 is 1.90 bits per heavy atom. The molecule has 0 spiro atoms. The minimum absolute atomic E-state index is 0.0597. The van der Waals surface area contributed by atoms with Gasteiger partial charge in [-0.05, 0) is 74.5 Å². The van der Waals surface area contributed by atoms with Gasteiger partial charge in [0.2, 0.25) is 0 Å². The predicted molar refractivity (Wildman–Crippen MR) is 120 cm³/mol. The van der Waals surface area contributed by atoms with Crippen LogP contribution < -0.4 is 4.90 Å². The van der Waals surface area contributed by atoms with Gasteiger partial charge in [0.05, 0.1) is 10.6 Å². The van der Waals surface area contributed by atoms with Gasteiger partial charge in [-0.3, -0.25) is 4.90 Å². The van der Waals surface area contributed by atoms with Gasteiger partial charge >= 0.3 is 6.09 Å². The molecule has 0 bridgehead atoms. The number of nitroso groups, excluding NO2 is 1. The summed E-state index contributed by atoms with van der Waals surface area (Å²) in [6, 6.07) is 11.1. The fourth-order valence-corrected chi connectivity index (χ4v) is 5.07. The summed E-state index contributed by atoms with van der Waals surface area (Å²) in [6.45, 7) is 6.75. The van der Waals surface area contributed by atoms with Gasteiger partial charge in [0.1, 0.15) is 18.0 Å². The minimum atomic E-state index is -1.53. The number of hydrogen-bond acceptors (Lipinski definition) is 6. The number of nitrogens with zero attached hydrogens (tertiary/aromatic N) is 3. The largest absolute Gasteiger partial charge is 0.444 e. The van der Waals surface area contributed by atoms with Crippen LogP contribution in [-0.2, 0) is 17.0 Å². The molecule has 1 saturated heterocycles. The van der Waals surface area contributed by atoms with Gasteiger partial charge in [0.15, 0.2) is 0 Å². The zero-order chi connectivity index (χ0) is 22.2. The smallest absolute Gasteiger partial charge is 0.414 e. The van der Waals surface area contributed by atoms with E-state index in [2.05, 4.69) is 15.5 Å². The molecule has 0 saturated carbocycles. The van der Waals surface area contributed by atoms with Crippen molar-refractivity contribution in [3.63, 3.8) is 0 Å². The number of amides is 1. The van der Waals surface area contributed by atoms with Crippen LogP contribution in [0.4, 0.5) is 20.6 Å². The highest BCUT2D eigenvalue weighted by atomic mass is 32.2. The second kappa shape index (κ2) is 8.59. The van der Waals surface area contributed by atoms with Crippen LogP contribution in [0.3, 0.4) is 0 Å². The van der Waals surface area contributed by atoms with E-state index in [0.717, 1.165) is 42.7 Å². The molecule has 6 nitrogen and oxygen atoms in total.